The fourth-order valence-corrected chi connectivity index (χ4v) is 2.97. The average Bonchev–Trinajstić information content (AvgIpc) is 2.45. The van der Waals surface area contributed by atoms with Gasteiger partial charge in [-0.25, -0.2) is 0 Å². The number of aryl methyl sites for hydroxylation is 2. The van der Waals surface area contributed by atoms with Crippen LogP contribution in [0.3, 0.4) is 0 Å². The van der Waals surface area contributed by atoms with Gasteiger partial charge in [0.15, 0.2) is 5.78 Å². The summed E-state index contributed by atoms with van der Waals surface area (Å²) in [7, 11) is 0. The van der Waals surface area contributed by atoms with Gasteiger partial charge in [-0.3, -0.25) is 4.79 Å². The zero-order valence-electron chi connectivity index (χ0n) is 11.3. The molecule has 2 heteroatoms. The Morgan fingerprint density at radius 1 is 1.10 bits per heavy atom. The van der Waals surface area contributed by atoms with Crippen LogP contribution in [-0.4, -0.2) is 5.78 Å². The van der Waals surface area contributed by atoms with Crippen molar-refractivity contribution in [1.82, 2.24) is 0 Å². The van der Waals surface area contributed by atoms with Gasteiger partial charge in [-0.15, -0.1) is 0 Å². The molecule has 0 aliphatic heterocycles. The number of benzene rings is 2. The molecule has 2 aromatic carbocycles. The van der Waals surface area contributed by atoms with E-state index in [1.807, 2.05) is 36.4 Å². The molecule has 0 amide bonds. The number of Topliss-reactive ketones (excluding diaryl/α,β-unsaturated/α-hetero) is 1. The Morgan fingerprint density at radius 2 is 1.90 bits per heavy atom. The zero-order valence-corrected chi connectivity index (χ0v) is 12.9. The Hall–Kier alpha value is -1.67. The zero-order chi connectivity index (χ0) is 14.1. The van der Waals surface area contributed by atoms with E-state index < -0.39 is 0 Å². The van der Waals surface area contributed by atoms with Crippen molar-refractivity contribution in [3.05, 3.63) is 74.8 Å². The molecule has 0 saturated heterocycles. The number of carbonyl (C=O) groups is 1. The topological polar surface area (TPSA) is 17.1 Å². The van der Waals surface area contributed by atoms with Crippen LogP contribution < -0.4 is 0 Å². The first-order chi connectivity index (χ1) is 9.65. The molecule has 100 valence electrons. The van der Waals surface area contributed by atoms with Crippen LogP contribution in [-0.2, 0) is 6.42 Å². The third-order valence-corrected chi connectivity index (χ3v) is 4.28. The van der Waals surface area contributed by atoms with Crippen LogP contribution >= 0.6 is 15.9 Å². The van der Waals surface area contributed by atoms with Gasteiger partial charge in [0.25, 0.3) is 0 Å². The van der Waals surface area contributed by atoms with E-state index in [2.05, 4.69) is 35.0 Å². The number of hydrogen-bond acceptors (Lipinski definition) is 1. The summed E-state index contributed by atoms with van der Waals surface area (Å²) in [5, 5.41) is 0. The Kier molecular flexibility index (Phi) is 3.58. The van der Waals surface area contributed by atoms with Crippen molar-refractivity contribution < 1.29 is 4.79 Å². The van der Waals surface area contributed by atoms with E-state index in [0.29, 0.717) is 0 Å². The number of hydrogen-bond donors (Lipinski definition) is 0. The number of halogens is 1. The summed E-state index contributed by atoms with van der Waals surface area (Å²) in [4.78, 5) is 12.6. The summed E-state index contributed by atoms with van der Waals surface area (Å²) in [6.07, 6.45) is 3.80. The predicted octanol–water partition coefficient (Wildman–Crippen LogP) is 4.97. The number of ketones is 1. The fraction of sp³-hybridized carbons (Fsp3) is 0.167. The highest BCUT2D eigenvalue weighted by molar-refractivity contribution is 9.10. The van der Waals surface area contributed by atoms with E-state index in [1.165, 1.54) is 5.56 Å². The van der Waals surface area contributed by atoms with E-state index in [4.69, 9.17) is 0 Å². The van der Waals surface area contributed by atoms with Gasteiger partial charge >= 0.3 is 0 Å². The molecule has 0 bridgehead atoms. The van der Waals surface area contributed by atoms with Crippen molar-refractivity contribution in [3.63, 3.8) is 0 Å². The highest BCUT2D eigenvalue weighted by Crippen LogP contribution is 2.29. The van der Waals surface area contributed by atoms with Gasteiger partial charge in [0.2, 0.25) is 0 Å². The van der Waals surface area contributed by atoms with Crippen molar-refractivity contribution in [3.8, 4) is 0 Å². The average molecular weight is 327 g/mol. The maximum atomic E-state index is 12.6. The standard InChI is InChI=1S/C18H15BrO/c1-12-4-2-3-5-14(12)10-15-7-6-13-8-9-16(19)11-17(13)18(15)20/h2-5,8-11H,6-7H2,1H3. The third-order valence-electron chi connectivity index (χ3n) is 3.79. The molecule has 0 radical (unpaired) electrons. The molecule has 1 aliphatic carbocycles. The minimum absolute atomic E-state index is 0.163. The second-order valence-corrected chi connectivity index (χ2v) is 6.07. The molecule has 0 N–H and O–H groups in total. The minimum Gasteiger partial charge on any atom is -0.289 e. The predicted molar refractivity (Wildman–Crippen MR) is 85.9 cm³/mol. The van der Waals surface area contributed by atoms with Gasteiger partial charge in [0.1, 0.15) is 0 Å². The van der Waals surface area contributed by atoms with E-state index in [-0.39, 0.29) is 5.78 Å². The van der Waals surface area contributed by atoms with E-state index in [9.17, 15) is 4.79 Å². The van der Waals surface area contributed by atoms with Crippen LogP contribution in [0.5, 0.6) is 0 Å². The van der Waals surface area contributed by atoms with Crippen molar-refractivity contribution in [2.75, 3.05) is 0 Å². The number of allylic oxidation sites excluding steroid dienone is 1. The summed E-state index contributed by atoms with van der Waals surface area (Å²) < 4.78 is 0.960. The summed E-state index contributed by atoms with van der Waals surface area (Å²) in [6.45, 7) is 2.07. The van der Waals surface area contributed by atoms with Crippen LogP contribution in [0.2, 0.25) is 0 Å². The lowest BCUT2D eigenvalue weighted by molar-refractivity contribution is 0.102. The van der Waals surface area contributed by atoms with Crippen molar-refractivity contribution >= 4 is 27.8 Å². The molecule has 0 spiro atoms. The van der Waals surface area contributed by atoms with Gasteiger partial charge in [0, 0.05) is 15.6 Å². The summed E-state index contributed by atoms with van der Waals surface area (Å²) >= 11 is 3.44. The molecule has 20 heavy (non-hydrogen) atoms. The van der Waals surface area contributed by atoms with Crippen molar-refractivity contribution in [2.24, 2.45) is 0 Å². The highest BCUT2D eigenvalue weighted by Gasteiger charge is 2.21. The fourth-order valence-electron chi connectivity index (χ4n) is 2.61. The summed E-state index contributed by atoms with van der Waals surface area (Å²) in [6, 6.07) is 14.1. The lowest BCUT2D eigenvalue weighted by Gasteiger charge is -2.18. The second kappa shape index (κ2) is 5.37. The number of fused-ring (bicyclic) bond motifs is 1. The van der Waals surface area contributed by atoms with E-state index >= 15 is 0 Å². The number of carbonyl (C=O) groups excluding carboxylic acids is 1. The maximum Gasteiger partial charge on any atom is 0.189 e. The smallest absolute Gasteiger partial charge is 0.189 e. The normalized spacial score (nSPS) is 16.3. The largest absolute Gasteiger partial charge is 0.289 e. The Morgan fingerprint density at radius 3 is 2.70 bits per heavy atom. The van der Waals surface area contributed by atoms with Gasteiger partial charge in [-0.05, 0) is 54.7 Å². The first-order valence-corrected chi connectivity index (χ1v) is 7.54. The molecule has 1 aliphatic rings. The Bertz CT molecular complexity index is 713. The summed E-state index contributed by atoms with van der Waals surface area (Å²) in [5.74, 6) is 0.163. The molecule has 3 rings (SSSR count). The highest BCUT2D eigenvalue weighted by atomic mass is 79.9. The van der Waals surface area contributed by atoms with Crippen LogP contribution in [0.1, 0.15) is 33.5 Å². The Labute approximate surface area is 127 Å². The molecular formula is C18H15BrO. The van der Waals surface area contributed by atoms with Crippen molar-refractivity contribution in [2.45, 2.75) is 19.8 Å². The molecule has 0 aromatic heterocycles. The Balaban J connectivity index is 2.02. The van der Waals surface area contributed by atoms with Crippen LogP contribution in [0, 0.1) is 6.92 Å². The lowest BCUT2D eigenvalue weighted by atomic mass is 9.86. The quantitative estimate of drug-likeness (QED) is 0.676. The molecular weight excluding hydrogens is 312 g/mol. The second-order valence-electron chi connectivity index (χ2n) is 5.16. The molecule has 0 atom stereocenters. The van der Waals surface area contributed by atoms with Crippen LogP contribution in [0.15, 0.2) is 52.5 Å². The molecule has 1 nitrogen and oxygen atoms in total. The van der Waals surface area contributed by atoms with Gasteiger partial charge in [0.05, 0.1) is 0 Å². The molecule has 0 heterocycles. The monoisotopic (exact) mass is 326 g/mol. The first kappa shape index (κ1) is 13.3. The van der Waals surface area contributed by atoms with Crippen LogP contribution in [0.4, 0.5) is 0 Å². The van der Waals surface area contributed by atoms with Crippen LogP contribution in [0.25, 0.3) is 6.08 Å². The SMILES string of the molecule is Cc1ccccc1C=C1CCc2ccc(Br)cc2C1=O. The van der Waals surface area contributed by atoms with Gasteiger partial charge in [-0.2, -0.15) is 0 Å². The molecule has 2 aromatic rings. The van der Waals surface area contributed by atoms with Gasteiger partial charge in [-0.1, -0.05) is 46.3 Å². The molecule has 0 unspecified atom stereocenters. The molecule has 0 saturated carbocycles. The third kappa shape index (κ3) is 2.48. The van der Waals surface area contributed by atoms with Crippen molar-refractivity contribution in [1.29, 1.82) is 0 Å². The first-order valence-electron chi connectivity index (χ1n) is 6.74. The minimum atomic E-state index is 0.163. The van der Waals surface area contributed by atoms with E-state index in [0.717, 1.165) is 39.6 Å². The number of rotatable bonds is 1. The molecule has 0 fully saturated rings. The maximum absolute atomic E-state index is 12.6. The summed E-state index contributed by atoms with van der Waals surface area (Å²) in [5.41, 5.74) is 5.23. The van der Waals surface area contributed by atoms with E-state index in [1.54, 1.807) is 0 Å². The van der Waals surface area contributed by atoms with Gasteiger partial charge < -0.3 is 0 Å². The lowest BCUT2D eigenvalue weighted by Crippen LogP contribution is -2.14.